The lowest BCUT2D eigenvalue weighted by Gasteiger charge is -2.52. The van der Waals surface area contributed by atoms with Crippen LogP contribution in [0, 0.1) is 0 Å². The highest BCUT2D eigenvalue weighted by molar-refractivity contribution is 5.65. The number of hydrogen-bond donors (Lipinski definition) is 1. The maximum Gasteiger partial charge on any atom is 0.138 e. The fourth-order valence-corrected chi connectivity index (χ4v) is 6.55. The summed E-state index contributed by atoms with van der Waals surface area (Å²) in [4.78, 5) is 0. The highest BCUT2D eigenvalue weighted by Gasteiger charge is 2.54. The van der Waals surface area contributed by atoms with E-state index in [1.54, 1.807) is 0 Å². The molecule has 208 valence electrons. The molecular formula is C39H32N4. The van der Waals surface area contributed by atoms with Crippen LogP contribution in [0.15, 0.2) is 187 Å². The van der Waals surface area contributed by atoms with Crippen molar-refractivity contribution in [2.45, 2.75) is 11.1 Å². The Morgan fingerprint density at radius 1 is 0.349 bits per heavy atom. The smallest absolute Gasteiger partial charge is 0.138 e. The second-order valence-corrected chi connectivity index (χ2v) is 10.6. The summed E-state index contributed by atoms with van der Waals surface area (Å²) >= 11 is 0. The minimum atomic E-state index is -0.802. The van der Waals surface area contributed by atoms with Crippen molar-refractivity contribution in [1.82, 2.24) is 15.7 Å². The van der Waals surface area contributed by atoms with Gasteiger partial charge in [0.25, 0.3) is 0 Å². The molecule has 0 radical (unpaired) electrons. The molecule has 0 amide bonds. The van der Waals surface area contributed by atoms with Gasteiger partial charge in [-0.3, -0.25) is 5.01 Å². The van der Waals surface area contributed by atoms with Crippen molar-refractivity contribution in [2.75, 3.05) is 0 Å². The van der Waals surface area contributed by atoms with E-state index in [0.29, 0.717) is 0 Å². The molecule has 7 rings (SSSR count). The molecule has 0 fully saturated rings. The lowest BCUT2D eigenvalue weighted by molar-refractivity contribution is -0.0934. The van der Waals surface area contributed by atoms with Gasteiger partial charge in [0.05, 0.1) is 0 Å². The highest BCUT2D eigenvalue weighted by Crippen LogP contribution is 2.49. The van der Waals surface area contributed by atoms with Crippen molar-refractivity contribution < 1.29 is 0 Å². The molecule has 4 nitrogen and oxygen atoms in total. The standard InChI is InChI=1S/C39H32N4/c1-7-19-32(20-8-1)38(33-21-9-2-10-22-33,34-23-11-3-12-24-34)42-31-40-41-43(42)39(35-25-13-4-14-26-35,36-27-15-5-16-28-36)37-29-17-6-18-30-37/h1-31,41H. The number of benzene rings is 6. The van der Waals surface area contributed by atoms with Crippen molar-refractivity contribution in [3.05, 3.63) is 215 Å². The van der Waals surface area contributed by atoms with E-state index in [1.165, 1.54) is 0 Å². The van der Waals surface area contributed by atoms with Crippen LogP contribution in [-0.2, 0) is 11.1 Å². The first-order valence-electron chi connectivity index (χ1n) is 14.6. The van der Waals surface area contributed by atoms with Gasteiger partial charge in [0.15, 0.2) is 0 Å². The average Bonchev–Trinajstić information content (AvgIpc) is 3.59. The van der Waals surface area contributed by atoms with Crippen LogP contribution in [0.1, 0.15) is 33.4 Å². The monoisotopic (exact) mass is 556 g/mol. The third kappa shape index (κ3) is 4.32. The molecule has 0 atom stereocenters. The zero-order chi connectivity index (χ0) is 29.0. The van der Waals surface area contributed by atoms with E-state index in [-0.39, 0.29) is 0 Å². The molecule has 0 saturated heterocycles. The molecule has 0 spiro atoms. The van der Waals surface area contributed by atoms with Gasteiger partial charge in [0.2, 0.25) is 0 Å². The van der Waals surface area contributed by atoms with Crippen molar-refractivity contribution >= 4 is 6.34 Å². The fraction of sp³-hybridized carbons (Fsp3) is 0.0513. The quantitative estimate of drug-likeness (QED) is 0.193. The summed E-state index contributed by atoms with van der Waals surface area (Å²) < 4.78 is 0. The summed E-state index contributed by atoms with van der Waals surface area (Å²) in [6, 6.07) is 64.2. The summed E-state index contributed by atoms with van der Waals surface area (Å²) in [5, 5.41) is 9.29. The van der Waals surface area contributed by atoms with Crippen LogP contribution in [0.3, 0.4) is 0 Å². The van der Waals surface area contributed by atoms with Crippen LogP contribution in [0.2, 0.25) is 0 Å². The molecule has 4 heteroatoms. The first kappa shape index (κ1) is 26.4. The maximum absolute atomic E-state index is 4.81. The van der Waals surface area contributed by atoms with Crippen LogP contribution in [0.5, 0.6) is 0 Å². The van der Waals surface area contributed by atoms with E-state index in [4.69, 9.17) is 5.10 Å². The summed E-state index contributed by atoms with van der Waals surface area (Å²) in [5.41, 5.74) is 8.60. The number of nitrogens with zero attached hydrogens (tertiary/aromatic N) is 3. The van der Waals surface area contributed by atoms with E-state index in [0.717, 1.165) is 33.4 Å². The number of hydrogen-bond acceptors (Lipinski definition) is 4. The minimum Gasteiger partial charge on any atom is -0.254 e. The molecule has 0 unspecified atom stereocenters. The van der Waals surface area contributed by atoms with Crippen LogP contribution < -0.4 is 5.53 Å². The van der Waals surface area contributed by atoms with E-state index in [1.807, 2.05) is 6.34 Å². The zero-order valence-electron chi connectivity index (χ0n) is 23.7. The average molecular weight is 557 g/mol. The molecule has 1 N–H and O–H groups in total. The molecule has 1 aliphatic rings. The number of rotatable bonds is 8. The lowest BCUT2D eigenvalue weighted by atomic mass is 9.74. The van der Waals surface area contributed by atoms with Crippen molar-refractivity contribution in [3.8, 4) is 0 Å². The van der Waals surface area contributed by atoms with Gasteiger partial charge in [0, 0.05) is 0 Å². The Kier molecular flexibility index (Phi) is 7.04. The molecule has 1 aliphatic heterocycles. The summed E-state index contributed by atoms with van der Waals surface area (Å²) in [6.07, 6.45) is 1.93. The lowest BCUT2D eigenvalue weighted by Crippen LogP contribution is -2.64. The predicted molar refractivity (Wildman–Crippen MR) is 174 cm³/mol. The molecule has 0 saturated carbocycles. The van der Waals surface area contributed by atoms with Gasteiger partial charge in [-0.25, -0.2) is 5.53 Å². The normalized spacial score (nSPS) is 13.5. The van der Waals surface area contributed by atoms with Gasteiger partial charge in [-0.2, -0.15) is 5.10 Å². The third-order valence-corrected chi connectivity index (χ3v) is 8.35. The van der Waals surface area contributed by atoms with Gasteiger partial charge in [-0.15, -0.1) is 0 Å². The van der Waals surface area contributed by atoms with Crippen LogP contribution in [0.25, 0.3) is 0 Å². The molecule has 0 bridgehead atoms. The number of nitrogens with one attached hydrogen (secondary N) is 1. The summed E-state index contributed by atoms with van der Waals surface area (Å²) in [6.45, 7) is 0. The van der Waals surface area contributed by atoms with E-state index >= 15 is 0 Å². The van der Waals surface area contributed by atoms with Gasteiger partial charge in [-0.05, 0) is 33.4 Å². The largest absolute Gasteiger partial charge is 0.254 e. The topological polar surface area (TPSA) is 30.9 Å². The Bertz CT molecular complexity index is 1580. The Morgan fingerprint density at radius 2 is 0.605 bits per heavy atom. The Labute approximate surface area is 253 Å². The second kappa shape index (κ2) is 11.4. The van der Waals surface area contributed by atoms with E-state index in [9.17, 15) is 0 Å². The molecular weight excluding hydrogens is 524 g/mol. The Balaban J connectivity index is 1.60. The highest BCUT2D eigenvalue weighted by atomic mass is 15.9. The maximum atomic E-state index is 4.81. The molecule has 0 aromatic heterocycles. The van der Waals surface area contributed by atoms with E-state index < -0.39 is 11.1 Å². The zero-order valence-corrected chi connectivity index (χ0v) is 23.7. The predicted octanol–water partition coefficient (Wildman–Crippen LogP) is 7.95. The van der Waals surface area contributed by atoms with Gasteiger partial charge >= 0.3 is 0 Å². The second-order valence-electron chi connectivity index (χ2n) is 10.6. The Hall–Kier alpha value is -5.45. The SMILES string of the molecule is C1=NNN(C(c2ccccc2)(c2ccccc2)c2ccccc2)N1C(c1ccccc1)(c1ccccc1)c1ccccc1. The number of hydrazone groups is 1. The molecule has 1 heterocycles. The van der Waals surface area contributed by atoms with Crippen LogP contribution >= 0.6 is 0 Å². The molecule has 43 heavy (non-hydrogen) atoms. The summed E-state index contributed by atoms with van der Waals surface area (Å²) in [7, 11) is 0. The van der Waals surface area contributed by atoms with Crippen molar-refractivity contribution in [2.24, 2.45) is 5.10 Å². The molecule has 6 aromatic rings. The fourth-order valence-electron chi connectivity index (χ4n) is 6.55. The van der Waals surface area contributed by atoms with Gasteiger partial charge in [-0.1, -0.05) is 187 Å². The van der Waals surface area contributed by atoms with Gasteiger partial charge in [0.1, 0.15) is 17.4 Å². The van der Waals surface area contributed by atoms with Crippen LogP contribution in [-0.4, -0.2) is 16.5 Å². The molecule has 0 aliphatic carbocycles. The minimum absolute atomic E-state index is 0.777. The first-order valence-corrected chi connectivity index (χ1v) is 14.6. The van der Waals surface area contributed by atoms with Gasteiger partial charge < -0.3 is 0 Å². The first-order chi connectivity index (χ1) is 21.4. The van der Waals surface area contributed by atoms with Crippen molar-refractivity contribution in [1.29, 1.82) is 0 Å². The molecule has 6 aromatic carbocycles. The van der Waals surface area contributed by atoms with Crippen molar-refractivity contribution in [3.63, 3.8) is 0 Å². The third-order valence-electron chi connectivity index (χ3n) is 8.35. The number of hydrazine groups is 2. The van der Waals surface area contributed by atoms with E-state index in [2.05, 4.69) is 198 Å². The Morgan fingerprint density at radius 3 is 0.884 bits per heavy atom. The summed E-state index contributed by atoms with van der Waals surface area (Å²) in [5.74, 6) is 0. The van der Waals surface area contributed by atoms with Crippen LogP contribution in [0.4, 0.5) is 0 Å².